The van der Waals surface area contributed by atoms with Crippen molar-refractivity contribution in [3.63, 3.8) is 0 Å². The Balaban J connectivity index is 1.65. The Kier molecular flexibility index (Phi) is 5.35. The molecular weight excluding hydrogens is 358 g/mol. The van der Waals surface area contributed by atoms with Crippen molar-refractivity contribution in [3.8, 4) is 0 Å². The molecule has 4 rings (SSSR count). The van der Waals surface area contributed by atoms with Gasteiger partial charge in [-0.05, 0) is 48.6 Å². The molecule has 0 aliphatic heterocycles. The van der Waals surface area contributed by atoms with Crippen LogP contribution in [0.4, 0.5) is 0 Å². The average molecular weight is 380 g/mol. The molecule has 0 spiro atoms. The molecule has 1 N–H and O–H groups in total. The van der Waals surface area contributed by atoms with Crippen LogP contribution >= 0.6 is 11.6 Å². The second-order valence-corrected chi connectivity index (χ2v) is 7.55. The summed E-state index contributed by atoms with van der Waals surface area (Å²) in [7, 11) is 0. The summed E-state index contributed by atoms with van der Waals surface area (Å²) >= 11 is 5.90. The van der Waals surface area contributed by atoms with Crippen LogP contribution in [0.5, 0.6) is 0 Å². The minimum atomic E-state index is -0.0804. The number of hydrogen-bond donors (Lipinski definition) is 1. The summed E-state index contributed by atoms with van der Waals surface area (Å²) in [5.41, 5.74) is 3.44. The largest absolute Gasteiger partial charge is 0.348 e. The van der Waals surface area contributed by atoms with E-state index in [0.29, 0.717) is 17.3 Å². The highest BCUT2D eigenvalue weighted by molar-refractivity contribution is 6.29. The van der Waals surface area contributed by atoms with Crippen LogP contribution in [0.25, 0.3) is 10.9 Å². The molecule has 1 fully saturated rings. The van der Waals surface area contributed by atoms with E-state index in [1.54, 1.807) is 12.3 Å². The fourth-order valence-electron chi connectivity index (χ4n) is 3.75. The fraction of sp³-hybridized carbons (Fsp3) is 0.318. The number of benzene rings is 1. The second kappa shape index (κ2) is 8.05. The van der Waals surface area contributed by atoms with Crippen molar-refractivity contribution in [1.82, 2.24) is 15.3 Å². The van der Waals surface area contributed by atoms with Crippen LogP contribution in [0, 0.1) is 0 Å². The summed E-state index contributed by atoms with van der Waals surface area (Å²) in [6.45, 7) is 0. The Labute approximate surface area is 164 Å². The number of carbonyl (C=O) groups is 1. The predicted molar refractivity (Wildman–Crippen MR) is 108 cm³/mol. The van der Waals surface area contributed by atoms with E-state index < -0.39 is 0 Å². The molecule has 0 radical (unpaired) electrons. The molecule has 138 valence electrons. The van der Waals surface area contributed by atoms with Crippen molar-refractivity contribution in [3.05, 3.63) is 70.6 Å². The number of carbonyl (C=O) groups excluding carboxylic acids is 1. The second-order valence-electron chi connectivity index (χ2n) is 7.16. The highest BCUT2D eigenvalue weighted by Gasteiger charge is 2.18. The number of nitrogens with one attached hydrogen (secondary N) is 1. The topological polar surface area (TPSA) is 54.9 Å². The molecule has 5 heteroatoms. The van der Waals surface area contributed by atoms with E-state index in [9.17, 15) is 4.79 Å². The Morgan fingerprint density at radius 1 is 1.11 bits per heavy atom. The molecular formula is C22H22ClN3O. The summed E-state index contributed by atoms with van der Waals surface area (Å²) in [5, 5.41) is 4.70. The van der Waals surface area contributed by atoms with Gasteiger partial charge in [0.1, 0.15) is 10.8 Å². The Morgan fingerprint density at radius 3 is 2.70 bits per heavy atom. The maximum atomic E-state index is 12.8. The van der Waals surface area contributed by atoms with Gasteiger partial charge in [0.25, 0.3) is 5.91 Å². The van der Waals surface area contributed by atoms with Crippen LogP contribution in [-0.4, -0.2) is 21.9 Å². The highest BCUT2D eigenvalue weighted by atomic mass is 35.5. The van der Waals surface area contributed by atoms with Crippen LogP contribution in [-0.2, 0) is 6.42 Å². The van der Waals surface area contributed by atoms with Crippen LogP contribution < -0.4 is 5.32 Å². The molecule has 1 aliphatic rings. The zero-order valence-corrected chi connectivity index (χ0v) is 15.9. The summed E-state index contributed by atoms with van der Waals surface area (Å²) in [6, 6.07) is 13.9. The molecule has 0 bridgehead atoms. The van der Waals surface area contributed by atoms with Gasteiger partial charge in [-0.2, -0.15) is 0 Å². The lowest BCUT2D eigenvalue weighted by molar-refractivity contribution is 0.0923. The number of amides is 1. The maximum Gasteiger partial charge on any atom is 0.270 e. The lowest BCUT2D eigenvalue weighted by Crippen LogP contribution is -2.36. The molecule has 1 amide bonds. The van der Waals surface area contributed by atoms with E-state index in [2.05, 4.69) is 15.3 Å². The van der Waals surface area contributed by atoms with Crippen molar-refractivity contribution in [2.75, 3.05) is 0 Å². The van der Waals surface area contributed by atoms with Gasteiger partial charge >= 0.3 is 0 Å². The standard InChI is InChI=1S/C22H22ClN3O/c23-21-11-10-15(14-24-21)12-16-13-20(26-19-9-5-4-8-18(16)19)22(27)25-17-6-2-1-3-7-17/h4-5,8-11,13-14,17H,1-3,6-7,12H2,(H,25,27). The number of pyridine rings is 2. The number of aromatic nitrogens is 2. The molecule has 27 heavy (non-hydrogen) atoms. The normalized spacial score (nSPS) is 15.0. The van der Waals surface area contributed by atoms with E-state index in [1.807, 2.05) is 36.4 Å². The van der Waals surface area contributed by atoms with Gasteiger partial charge in [-0.15, -0.1) is 0 Å². The maximum absolute atomic E-state index is 12.8. The van der Waals surface area contributed by atoms with Gasteiger partial charge in [-0.1, -0.05) is 55.1 Å². The third-order valence-electron chi connectivity index (χ3n) is 5.16. The molecule has 2 heterocycles. The van der Waals surface area contributed by atoms with Gasteiger partial charge in [-0.25, -0.2) is 9.97 Å². The van der Waals surface area contributed by atoms with Crippen molar-refractivity contribution < 1.29 is 4.79 Å². The Hall–Kier alpha value is -2.46. The summed E-state index contributed by atoms with van der Waals surface area (Å²) in [4.78, 5) is 21.6. The minimum absolute atomic E-state index is 0.0804. The smallest absolute Gasteiger partial charge is 0.270 e. The van der Waals surface area contributed by atoms with Gasteiger partial charge < -0.3 is 5.32 Å². The number of para-hydroxylation sites is 1. The third kappa shape index (κ3) is 4.28. The first kappa shape index (κ1) is 17.9. The molecule has 0 unspecified atom stereocenters. The van der Waals surface area contributed by atoms with Crippen molar-refractivity contribution in [2.45, 2.75) is 44.6 Å². The quantitative estimate of drug-likeness (QED) is 0.653. The van der Waals surface area contributed by atoms with Gasteiger partial charge in [0.2, 0.25) is 0 Å². The zero-order chi connectivity index (χ0) is 18.6. The monoisotopic (exact) mass is 379 g/mol. The fourth-order valence-corrected chi connectivity index (χ4v) is 3.86. The van der Waals surface area contributed by atoms with Crippen LogP contribution in [0.15, 0.2) is 48.7 Å². The van der Waals surface area contributed by atoms with Crippen LogP contribution in [0.1, 0.15) is 53.7 Å². The van der Waals surface area contributed by atoms with E-state index in [-0.39, 0.29) is 11.9 Å². The van der Waals surface area contributed by atoms with Gasteiger partial charge in [-0.3, -0.25) is 4.79 Å². The lowest BCUT2D eigenvalue weighted by atomic mass is 9.95. The SMILES string of the molecule is O=C(NC1CCCCC1)c1cc(Cc2ccc(Cl)nc2)c2ccccc2n1. The first-order chi connectivity index (χ1) is 13.2. The van der Waals surface area contributed by atoms with Crippen molar-refractivity contribution in [2.24, 2.45) is 0 Å². The van der Waals surface area contributed by atoms with Gasteiger partial charge in [0.15, 0.2) is 0 Å². The Morgan fingerprint density at radius 2 is 1.93 bits per heavy atom. The van der Waals surface area contributed by atoms with E-state index in [4.69, 9.17) is 11.6 Å². The lowest BCUT2D eigenvalue weighted by Gasteiger charge is -2.22. The zero-order valence-electron chi connectivity index (χ0n) is 15.1. The molecule has 1 saturated carbocycles. The minimum Gasteiger partial charge on any atom is -0.348 e. The first-order valence-corrected chi connectivity index (χ1v) is 9.87. The number of hydrogen-bond acceptors (Lipinski definition) is 3. The molecule has 0 atom stereocenters. The molecule has 3 aromatic rings. The molecule has 4 nitrogen and oxygen atoms in total. The van der Waals surface area contributed by atoms with E-state index in [1.165, 1.54) is 19.3 Å². The predicted octanol–water partition coefficient (Wildman–Crippen LogP) is 4.94. The average Bonchev–Trinajstić information content (AvgIpc) is 2.70. The van der Waals surface area contributed by atoms with Gasteiger partial charge in [0.05, 0.1) is 5.52 Å². The first-order valence-electron chi connectivity index (χ1n) is 9.49. The van der Waals surface area contributed by atoms with Crippen molar-refractivity contribution >= 4 is 28.4 Å². The molecule has 1 aromatic carbocycles. The molecule has 2 aromatic heterocycles. The van der Waals surface area contributed by atoms with Crippen LogP contribution in [0.3, 0.4) is 0 Å². The number of rotatable bonds is 4. The van der Waals surface area contributed by atoms with E-state index >= 15 is 0 Å². The van der Waals surface area contributed by atoms with Crippen molar-refractivity contribution in [1.29, 1.82) is 0 Å². The third-order valence-corrected chi connectivity index (χ3v) is 5.38. The number of fused-ring (bicyclic) bond motifs is 1. The summed E-state index contributed by atoms with van der Waals surface area (Å²) in [5.74, 6) is -0.0804. The van der Waals surface area contributed by atoms with Crippen LogP contribution in [0.2, 0.25) is 5.15 Å². The Bertz CT molecular complexity index is 949. The van der Waals surface area contributed by atoms with Gasteiger partial charge in [0, 0.05) is 17.6 Å². The highest BCUT2D eigenvalue weighted by Crippen LogP contribution is 2.23. The summed E-state index contributed by atoms with van der Waals surface area (Å²) < 4.78 is 0. The molecule has 0 saturated heterocycles. The molecule has 1 aliphatic carbocycles. The summed E-state index contributed by atoms with van der Waals surface area (Å²) in [6.07, 6.45) is 8.21. The number of nitrogens with zero attached hydrogens (tertiary/aromatic N) is 2. The van der Waals surface area contributed by atoms with E-state index in [0.717, 1.165) is 34.9 Å². The number of halogens is 1.